The molecule has 4 rings (SSSR count). The first-order valence-corrected chi connectivity index (χ1v) is 9.15. The molecule has 1 N–H and O–H groups in total. The van der Waals surface area contributed by atoms with Crippen LogP contribution in [0.1, 0.15) is 32.0 Å². The minimum atomic E-state index is -0.215. The van der Waals surface area contributed by atoms with E-state index >= 15 is 0 Å². The fourth-order valence-electron chi connectivity index (χ4n) is 3.21. The van der Waals surface area contributed by atoms with Gasteiger partial charge in [0.1, 0.15) is 11.3 Å². The van der Waals surface area contributed by atoms with Crippen LogP contribution in [-0.4, -0.2) is 18.8 Å². The van der Waals surface area contributed by atoms with Crippen molar-refractivity contribution in [1.29, 1.82) is 0 Å². The second-order valence-electron chi connectivity index (χ2n) is 6.65. The van der Waals surface area contributed by atoms with Crippen molar-refractivity contribution in [1.82, 2.24) is 0 Å². The molecule has 0 saturated carbocycles. The van der Waals surface area contributed by atoms with Gasteiger partial charge in [0, 0.05) is 33.8 Å². The molecule has 0 saturated heterocycles. The highest BCUT2D eigenvalue weighted by molar-refractivity contribution is 6.11. The Balaban J connectivity index is 1.65. The van der Waals surface area contributed by atoms with Gasteiger partial charge in [-0.2, -0.15) is 0 Å². The summed E-state index contributed by atoms with van der Waals surface area (Å²) in [5, 5.41) is 3.68. The molecule has 0 spiro atoms. The summed E-state index contributed by atoms with van der Waals surface area (Å²) in [4.78, 5) is 25.3. The lowest BCUT2D eigenvalue weighted by Crippen LogP contribution is -2.11. The van der Waals surface area contributed by atoms with Gasteiger partial charge < -0.3 is 14.5 Å². The number of nitrogens with one attached hydrogen (secondary N) is 1. The van der Waals surface area contributed by atoms with E-state index in [1.807, 2.05) is 31.2 Å². The van der Waals surface area contributed by atoms with E-state index in [9.17, 15) is 9.59 Å². The zero-order valence-corrected chi connectivity index (χ0v) is 16.1. The monoisotopic (exact) mass is 385 g/mol. The van der Waals surface area contributed by atoms with E-state index < -0.39 is 0 Å². The quantitative estimate of drug-likeness (QED) is 0.478. The minimum absolute atomic E-state index is 0.207. The van der Waals surface area contributed by atoms with Gasteiger partial charge in [-0.25, -0.2) is 0 Å². The maximum Gasteiger partial charge on any atom is 0.255 e. The third-order valence-corrected chi connectivity index (χ3v) is 4.77. The molecule has 5 nitrogen and oxygen atoms in total. The second kappa shape index (κ2) is 7.64. The number of amides is 1. The SMILES string of the molecule is COc1cccc(C(=O)c2oc3cc(NC(=O)c4ccccc4)ccc3c2C)c1. The fourth-order valence-corrected chi connectivity index (χ4v) is 3.21. The van der Waals surface area contributed by atoms with E-state index in [1.165, 1.54) is 0 Å². The van der Waals surface area contributed by atoms with E-state index in [2.05, 4.69) is 5.32 Å². The highest BCUT2D eigenvalue weighted by Gasteiger charge is 2.20. The zero-order chi connectivity index (χ0) is 20.4. The number of carbonyl (C=O) groups is 2. The zero-order valence-electron chi connectivity index (χ0n) is 16.1. The number of aryl methyl sites for hydroxylation is 1. The van der Waals surface area contributed by atoms with Crippen LogP contribution in [-0.2, 0) is 0 Å². The van der Waals surface area contributed by atoms with Crippen molar-refractivity contribution in [2.24, 2.45) is 0 Å². The summed E-state index contributed by atoms with van der Waals surface area (Å²) < 4.78 is 11.1. The molecule has 1 amide bonds. The normalized spacial score (nSPS) is 10.7. The van der Waals surface area contributed by atoms with Crippen LogP contribution < -0.4 is 10.1 Å². The van der Waals surface area contributed by atoms with Crippen LogP contribution in [0.25, 0.3) is 11.0 Å². The van der Waals surface area contributed by atoms with E-state index in [-0.39, 0.29) is 17.5 Å². The van der Waals surface area contributed by atoms with Crippen molar-refractivity contribution >= 4 is 28.3 Å². The number of furan rings is 1. The molecule has 0 fully saturated rings. The fraction of sp³-hybridized carbons (Fsp3) is 0.0833. The summed E-state index contributed by atoms with van der Waals surface area (Å²) in [6.45, 7) is 1.85. The summed E-state index contributed by atoms with van der Waals surface area (Å²) in [5.74, 6) is 0.462. The molecule has 0 aliphatic carbocycles. The second-order valence-corrected chi connectivity index (χ2v) is 6.65. The Kier molecular flexibility index (Phi) is 4.87. The van der Waals surface area contributed by atoms with Crippen molar-refractivity contribution < 1.29 is 18.7 Å². The van der Waals surface area contributed by atoms with Gasteiger partial charge in [-0.15, -0.1) is 0 Å². The Labute approximate surface area is 167 Å². The topological polar surface area (TPSA) is 68.5 Å². The van der Waals surface area contributed by atoms with Crippen LogP contribution in [0.4, 0.5) is 5.69 Å². The highest BCUT2D eigenvalue weighted by atomic mass is 16.5. The number of hydrogen-bond donors (Lipinski definition) is 1. The molecule has 144 valence electrons. The predicted octanol–water partition coefficient (Wildman–Crippen LogP) is 5.23. The predicted molar refractivity (Wildman–Crippen MR) is 112 cm³/mol. The van der Waals surface area contributed by atoms with E-state index in [4.69, 9.17) is 9.15 Å². The molecule has 1 heterocycles. The van der Waals surface area contributed by atoms with E-state index in [1.54, 1.807) is 55.6 Å². The van der Waals surface area contributed by atoms with Crippen LogP contribution in [0.15, 0.2) is 77.2 Å². The summed E-state index contributed by atoms with van der Waals surface area (Å²) in [7, 11) is 1.56. The van der Waals surface area contributed by atoms with Crippen molar-refractivity contribution in [3.63, 3.8) is 0 Å². The van der Waals surface area contributed by atoms with Gasteiger partial charge in [-0.05, 0) is 43.3 Å². The number of ether oxygens (including phenoxy) is 1. The molecule has 0 radical (unpaired) electrons. The van der Waals surface area contributed by atoms with Gasteiger partial charge in [-0.1, -0.05) is 30.3 Å². The van der Waals surface area contributed by atoms with Gasteiger partial charge in [0.15, 0.2) is 5.76 Å². The van der Waals surface area contributed by atoms with Gasteiger partial charge in [0.25, 0.3) is 5.91 Å². The first kappa shape index (κ1) is 18.5. The van der Waals surface area contributed by atoms with Crippen LogP contribution in [0.3, 0.4) is 0 Å². The Morgan fingerprint density at radius 2 is 1.66 bits per heavy atom. The van der Waals surface area contributed by atoms with Crippen molar-refractivity contribution in [3.8, 4) is 5.75 Å². The molecule has 0 aliphatic rings. The molecule has 1 aromatic heterocycles. The van der Waals surface area contributed by atoms with Crippen LogP contribution in [0.2, 0.25) is 0 Å². The molecule has 0 unspecified atom stereocenters. The average Bonchev–Trinajstić information content (AvgIpc) is 3.09. The number of anilines is 1. The number of benzene rings is 3. The lowest BCUT2D eigenvalue weighted by molar-refractivity contribution is 0.101. The lowest BCUT2D eigenvalue weighted by Gasteiger charge is -2.05. The van der Waals surface area contributed by atoms with E-state index in [0.29, 0.717) is 28.1 Å². The summed E-state index contributed by atoms with van der Waals surface area (Å²) in [6.07, 6.45) is 0. The maximum atomic E-state index is 12.9. The molecule has 4 aromatic rings. The first-order chi connectivity index (χ1) is 14.1. The summed E-state index contributed by atoms with van der Waals surface area (Å²) in [5.41, 5.74) is 2.95. The van der Waals surface area contributed by atoms with Crippen LogP contribution >= 0.6 is 0 Å². The average molecular weight is 385 g/mol. The number of rotatable bonds is 5. The first-order valence-electron chi connectivity index (χ1n) is 9.15. The van der Waals surface area contributed by atoms with Gasteiger partial charge >= 0.3 is 0 Å². The molecule has 29 heavy (non-hydrogen) atoms. The van der Waals surface area contributed by atoms with Crippen molar-refractivity contribution in [3.05, 3.63) is 95.2 Å². The third kappa shape index (κ3) is 3.62. The van der Waals surface area contributed by atoms with Crippen LogP contribution in [0, 0.1) is 6.92 Å². The Morgan fingerprint density at radius 1 is 0.897 bits per heavy atom. The molecule has 3 aromatic carbocycles. The number of carbonyl (C=O) groups excluding carboxylic acids is 2. The molecule has 0 atom stereocenters. The van der Waals surface area contributed by atoms with Gasteiger partial charge in [-0.3, -0.25) is 9.59 Å². The lowest BCUT2D eigenvalue weighted by atomic mass is 10.0. The van der Waals surface area contributed by atoms with Gasteiger partial charge in [0.2, 0.25) is 5.78 Å². The standard InChI is InChI=1S/C24H19NO4/c1-15-20-12-11-18(25-24(27)16-7-4-3-5-8-16)14-21(20)29-23(15)22(26)17-9-6-10-19(13-17)28-2/h3-14H,1-2H3,(H,25,27). The third-order valence-electron chi connectivity index (χ3n) is 4.77. The highest BCUT2D eigenvalue weighted by Crippen LogP contribution is 2.30. The number of fused-ring (bicyclic) bond motifs is 1. The van der Waals surface area contributed by atoms with Crippen LogP contribution in [0.5, 0.6) is 5.75 Å². The number of methoxy groups -OCH3 is 1. The maximum absolute atomic E-state index is 12.9. The van der Waals surface area contributed by atoms with Crippen molar-refractivity contribution in [2.45, 2.75) is 6.92 Å². The van der Waals surface area contributed by atoms with Gasteiger partial charge in [0.05, 0.1) is 7.11 Å². The largest absolute Gasteiger partial charge is 0.497 e. The summed E-state index contributed by atoms with van der Waals surface area (Å²) in [6, 6.07) is 21.3. The molecule has 0 bridgehead atoms. The number of hydrogen-bond acceptors (Lipinski definition) is 4. The smallest absolute Gasteiger partial charge is 0.255 e. The van der Waals surface area contributed by atoms with E-state index in [0.717, 1.165) is 10.9 Å². The Hall–Kier alpha value is -3.86. The molecular formula is C24H19NO4. The minimum Gasteiger partial charge on any atom is -0.497 e. The number of ketones is 1. The molecule has 0 aliphatic heterocycles. The van der Waals surface area contributed by atoms with Crippen molar-refractivity contribution in [2.75, 3.05) is 12.4 Å². The summed E-state index contributed by atoms with van der Waals surface area (Å²) >= 11 is 0. The Bertz CT molecular complexity index is 1210. The molecular weight excluding hydrogens is 366 g/mol. The Morgan fingerprint density at radius 3 is 2.41 bits per heavy atom. The molecule has 5 heteroatoms.